The van der Waals surface area contributed by atoms with Gasteiger partial charge >= 0.3 is 0 Å². The summed E-state index contributed by atoms with van der Waals surface area (Å²) in [5.41, 5.74) is 2.91. The van der Waals surface area contributed by atoms with Crippen molar-refractivity contribution in [2.75, 3.05) is 0 Å². The Bertz CT molecular complexity index is 303. The Kier molecular flexibility index (Phi) is 1.71. The van der Waals surface area contributed by atoms with Gasteiger partial charge in [0, 0.05) is 11.3 Å². The second kappa shape index (κ2) is 2.73. The molecule has 12 heavy (non-hydrogen) atoms. The molecule has 0 spiro atoms. The lowest BCUT2D eigenvalue weighted by molar-refractivity contribution is 0.111. The maximum absolute atomic E-state index is 10.6. The molecule has 1 aliphatic carbocycles. The molecule has 0 saturated carbocycles. The number of aryl methyl sites for hydroxylation is 1. The molecule has 0 aliphatic heterocycles. The molecule has 2 rings (SSSR count). The monoisotopic (exact) mass is 164 g/mol. The molecule has 1 aliphatic rings. The van der Waals surface area contributed by atoms with E-state index in [-0.39, 0.29) is 0 Å². The van der Waals surface area contributed by atoms with Gasteiger partial charge in [-0.05, 0) is 25.2 Å². The van der Waals surface area contributed by atoms with Crippen LogP contribution in [-0.4, -0.2) is 16.5 Å². The molecule has 0 radical (unpaired) electrons. The van der Waals surface area contributed by atoms with E-state index in [1.165, 1.54) is 6.42 Å². The number of fused-ring (bicyclic) bond motifs is 1. The lowest BCUT2D eigenvalue weighted by atomic mass is 9.88. The Hall–Kier alpha value is -1.12. The van der Waals surface area contributed by atoms with Gasteiger partial charge in [0.2, 0.25) is 0 Å². The second-order valence-corrected chi connectivity index (χ2v) is 3.53. The number of carbonyl (C=O) groups excluding carboxylic acids is 1. The van der Waals surface area contributed by atoms with E-state index in [2.05, 4.69) is 17.1 Å². The van der Waals surface area contributed by atoms with Gasteiger partial charge in [0.05, 0.1) is 0 Å². The van der Waals surface area contributed by atoms with E-state index in [0.29, 0.717) is 11.6 Å². The van der Waals surface area contributed by atoms with Crippen molar-refractivity contribution in [1.29, 1.82) is 0 Å². The molecule has 1 N–H and O–H groups in total. The number of aromatic amines is 1. The third-order valence-electron chi connectivity index (χ3n) is 2.54. The van der Waals surface area contributed by atoms with Gasteiger partial charge < -0.3 is 0 Å². The average molecular weight is 164 g/mol. The first-order chi connectivity index (χ1) is 5.81. The molecule has 0 saturated heterocycles. The molecule has 1 atom stereocenters. The normalized spacial score (nSPS) is 21.9. The highest BCUT2D eigenvalue weighted by Crippen LogP contribution is 2.25. The number of carbonyl (C=O) groups is 1. The summed E-state index contributed by atoms with van der Waals surface area (Å²) in [6.45, 7) is 2.21. The van der Waals surface area contributed by atoms with E-state index < -0.39 is 0 Å². The third kappa shape index (κ3) is 1.05. The van der Waals surface area contributed by atoms with Crippen LogP contribution in [0, 0.1) is 5.92 Å². The highest BCUT2D eigenvalue weighted by atomic mass is 16.1. The summed E-state index contributed by atoms with van der Waals surface area (Å²) in [6, 6.07) is 0. The zero-order valence-electron chi connectivity index (χ0n) is 7.13. The molecular formula is C9H12N2O. The predicted molar refractivity (Wildman–Crippen MR) is 45.2 cm³/mol. The van der Waals surface area contributed by atoms with Gasteiger partial charge in [0.25, 0.3) is 0 Å². The number of nitrogens with zero attached hydrogens (tertiary/aromatic N) is 1. The van der Waals surface area contributed by atoms with Crippen LogP contribution in [0.1, 0.15) is 35.1 Å². The molecule has 3 nitrogen and oxygen atoms in total. The number of nitrogens with one attached hydrogen (secondary N) is 1. The van der Waals surface area contributed by atoms with Gasteiger partial charge in [0.1, 0.15) is 5.69 Å². The topological polar surface area (TPSA) is 45.8 Å². The molecule has 0 unspecified atom stereocenters. The van der Waals surface area contributed by atoms with Crippen LogP contribution in [0.5, 0.6) is 0 Å². The summed E-state index contributed by atoms with van der Waals surface area (Å²) >= 11 is 0. The van der Waals surface area contributed by atoms with Crippen LogP contribution in [0.3, 0.4) is 0 Å². The summed E-state index contributed by atoms with van der Waals surface area (Å²) in [7, 11) is 0. The minimum atomic E-state index is 0.608. The van der Waals surface area contributed by atoms with Crippen LogP contribution in [-0.2, 0) is 12.8 Å². The molecule has 1 aromatic rings. The molecule has 64 valence electrons. The maximum Gasteiger partial charge on any atom is 0.170 e. The lowest BCUT2D eigenvalue weighted by Crippen LogP contribution is -2.11. The minimum absolute atomic E-state index is 0.608. The van der Waals surface area contributed by atoms with Crippen LogP contribution < -0.4 is 0 Å². The van der Waals surface area contributed by atoms with Gasteiger partial charge in [-0.2, -0.15) is 5.10 Å². The first-order valence-electron chi connectivity index (χ1n) is 4.32. The molecule has 1 aromatic heterocycles. The van der Waals surface area contributed by atoms with Gasteiger partial charge in [0.15, 0.2) is 6.29 Å². The zero-order chi connectivity index (χ0) is 8.55. The van der Waals surface area contributed by atoms with Gasteiger partial charge in [-0.15, -0.1) is 0 Å². The van der Waals surface area contributed by atoms with Crippen LogP contribution in [0.2, 0.25) is 0 Å². The van der Waals surface area contributed by atoms with Crippen molar-refractivity contribution in [3.8, 4) is 0 Å². The fraction of sp³-hybridized carbons (Fsp3) is 0.556. The Labute approximate surface area is 71.2 Å². The fourth-order valence-electron chi connectivity index (χ4n) is 1.79. The van der Waals surface area contributed by atoms with Crippen LogP contribution in [0.15, 0.2) is 0 Å². The van der Waals surface area contributed by atoms with E-state index in [4.69, 9.17) is 0 Å². The average Bonchev–Trinajstić information content (AvgIpc) is 2.46. The number of aldehydes is 1. The number of rotatable bonds is 1. The fourth-order valence-corrected chi connectivity index (χ4v) is 1.79. The van der Waals surface area contributed by atoms with Crippen molar-refractivity contribution in [2.24, 2.45) is 5.92 Å². The first kappa shape index (κ1) is 7.53. The van der Waals surface area contributed by atoms with Crippen molar-refractivity contribution in [1.82, 2.24) is 10.2 Å². The maximum atomic E-state index is 10.6. The Morgan fingerprint density at radius 1 is 1.67 bits per heavy atom. The van der Waals surface area contributed by atoms with E-state index >= 15 is 0 Å². The molecule has 0 fully saturated rings. The Morgan fingerprint density at radius 3 is 3.25 bits per heavy atom. The van der Waals surface area contributed by atoms with E-state index in [9.17, 15) is 4.79 Å². The number of H-pyrrole nitrogens is 1. The van der Waals surface area contributed by atoms with Crippen molar-refractivity contribution >= 4 is 6.29 Å². The molecule has 0 amide bonds. The molecular weight excluding hydrogens is 152 g/mol. The van der Waals surface area contributed by atoms with Crippen LogP contribution >= 0.6 is 0 Å². The van der Waals surface area contributed by atoms with Gasteiger partial charge in [-0.3, -0.25) is 9.89 Å². The van der Waals surface area contributed by atoms with E-state index in [1.54, 1.807) is 0 Å². The Balaban J connectivity index is 2.40. The van der Waals surface area contributed by atoms with Crippen LogP contribution in [0.25, 0.3) is 0 Å². The number of hydrogen-bond donors (Lipinski definition) is 1. The largest absolute Gasteiger partial charge is 0.296 e. The van der Waals surface area contributed by atoms with Crippen LogP contribution in [0.4, 0.5) is 0 Å². The van der Waals surface area contributed by atoms with Gasteiger partial charge in [-0.1, -0.05) is 6.92 Å². The van der Waals surface area contributed by atoms with E-state index in [1.807, 2.05) is 0 Å². The predicted octanol–water partition coefficient (Wildman–Crippen LogP) is 1.35. The van der Waals surface area contributed by atoms with Crippen molar-refractivity contribution < 1.29 is 4.79 Å². The molecule has 0 aromatic carbocycles. The van der Waals surface area contributed by atoms with Crippen molar-refractivity contribution in [3.05, 3.63) is 17.0 Å². The van der Waals surface area contributed by atoms with Gasteiger partial charge in [-0.25, -0.2) is 0 Å². The summed E-state index contributed by atoms with van der Waals surface area (Å²) in [5.74, 6) is 0.689. The SMILES string of the molecule is C[C@H]1CCc2[nH]nc(C=O)c2C1. The first-order valence-corrected chi connectivity index (χ1v) is 4.32. The zero-order valence-corrected chi connectivity index (χ0v) is 7.13. The minimum Gasteiger partial charge on any atom is -0.296 e. The Morgan fingerprint density at radius 2 is 2.50 bits per heavy atom. The molecule has 3 heteroatoms. The smallest absolute Gasteiger partial charge is 0.170 e. The third-order valence-corrected chi connectivity index (χ3v) is 2.54. The summed E-state index contributed by atoms with van der Waals surface area (Å²) in [6.07, 6.45) is 4.08. The van der Waals surface area contributed by atoms with Crippen molar-refractivity contribution in [3.63, 3.8) is 0 Å². The van der Waals surface area contributed by atoms with E-state index in [0.717, 1.165) is 30.4 Å². The number of aromatic nitrogens is 2. The highest BCUT2D eigenvalue weighted by molar-refractivity contribution is 5.74. The summed E-state index contributed by atoms with van der Waals surface area (Å²) in [5, 5.41) is 6.87. The molecule has 1 heterocycles. The number of hydrogen-bond acceptors (Lipinski definition) is 2. The quantitative estimate of drug-likeness (QED) is 0.637. The summed E-state index contributed by atoms with van der Waals surface area (Å²) < 4.78 is 0. The lowest BCUT2D eigenvalue weighted by Gasteiger charge is -2.17. The summed E-state index contributed by atoms with van der Waals surface area (Å²) in [4.78, 5) is 10.6. The second-order valence-electron chi connectivity index (χ2n) is 3.53. The van der Waals surface area contributed by atoms with Crippen molar-refractivity contribution in [2.45, 2.75) is 26.2 Å². The highest BCUT2D eigenvalue weighted by Gasteiger charge is 2.20. The standard InChI is InChI=1S/C9H12N2O/c1-6-2-3-8-7(4-6)9(5-12)11-10-8/h5-6H,2-4H2,1H3,(H,10,11)/t6-/m0/s1. The molecule has 0 bridgehead atoms.